The maximum Gasteiger partial charge on any atom is 0.327 e. The van der Waals surface area contributed by atoms with Gasteiger partial charge in [0.1, 0.15) is 5.38 Å². The van der Waals surface area contributed by atoms with Crippen LogP contribution in [0.1, 0.15) is 33.4 Å². The fraction of sp³-hybridized carbons (Fsp3) is 0.545. The minimum Gasteiger partial charge on any atom is -0.283 e. The number of imide groups is 1. The molecule has 3 amide bonds. The van der Waals surface area contributed by atoms with Crippen LogP contribution in [0.15, 0.2) is 5.38 Å². The van der Waals surface area contributed by atoms with Gasteiger partial charge in [-0.1, -0.05) is 20.8 Å². The highest BCUT2D eigenvalue weighted by atomic mass is 35.5. The van der Waals surface area contributed by atoms with E-state index in [1.165, 1.54) is 18.3 Å². The Morgan fingerprint density at radius 2 is 2.06 bits per heavy atom. The SMILES string of the molecule is CC(Cl)C(=O)NC(=O)Nc1nc(C(C)(C)C)cs1. The minimum absolute atomic E-state index is 0.0760. The molecule has 7 heteroatoms. The quantitative estimate of drug-likeness (QED) is 0.822. The Hall–Kier alpha value is -1.14. The molecule has 2 N–H and O–H groups in total. The molecule has 0 saturated carbocycles. The number of rotatable bonds is 2. The molecule has 5 nitrogen and oxygen atoms in total. The van der Waals surface area contributed by atoms with Crippen LogP contribution in [0, 0.1) is 0 Å². The molecule has 1 heterocycles. The van der Waals surface area contributed by atoms with E-state index >= 15 is 0 Å². The van der Waals surface area contributed by atoms with Crippen LogP contribution in [0.4, 0.5) is 9.93 Å². The van der Waals surface area contributed by atoms with Gasteiger partial charge in [-0.3, -0.25) is 15.4 Å². The summed E-state index contributed by atoms with van der Waals surface area (Å²) >= 11 is 6.85. The first kappa shape index (κ1) is 14.9. The summed E-state index contributed by atoms with van der Waals surface area (Å²) < 4.78 is 0. The third-order valence-corrected chi connectivity index (χ3v) is 3.05. The number of nitrogens with one attached hydrogen (secondary N) is 2. The molecule has 100 valence electrons. The molecule has 1 aromatic heterocycles. The number of hydrogen-bond acceptors (Lipinski definition) is 4. The molecule has 1 unspecified atom stereocenters. The van der Waals surface area contributed by atoms with Crippen molar-refractivity contribution < 1.29 is 9.59 Å². The van der Waals surface area contributed by atoms with Gasteiger partial charge in [-0.05, 0) is 6.92 Å². The smallest absolute Gasteiger partial charge is 0.283 e. The predicted molar refractivity (Wildman–Crippen MR) is 73.3 cm³/mol. The van der Waals surface area contributed by atoms with E-state index < -0.39 is 17.3 Å². The standard InChI is InChI=1S/C11H16ClN3O2S/c1-6(12)8(16)14-9(17)15-10-13-7(5-18-10)11(2,3)4/h5-6H,1-4H3,(H2,13,14,15,16,17). The number of carbonyl (C=O) groups is 2. The number of aromatic nitrogens is 1. The Balaban J connectivity index is 2.61. The van der Waals surface area contributed by atoms with Crippen LogP contribution in [0.2, 0.25) is 0 Å². The number of nitrogens with zero attached hydrogens (tertiary/aromatic N) is 1. The molecule has 0 aliphatic carbocycles. The van der Waals surface area contributed by atoms with Crippen LogP contribution in [0.5, 0.6) is 0 Å². The molecule has 18 heavy (non-hydrogen) atoms. The van der Waals surface area contributed by atoms with Crippen LogP contribution >= 0.6 is 22.9 Å². The van der Waals surface area contributed by atoms with Crippen LogP contribution in [0.3, 0.4) is 0 Å². The summed E-state index contributed by atoms with van der Waals surface area (Å²) in [6.07, 6.45) is 0. The van der Waals surface area contributed by atoms with Gasteiger partial charge in [0.25, 0.3) is 0 Å². The van der Waals surface area contributed by atoms with Crippen LogP contribution in [0.25, 0.3) is 0 Å². The lowest BCUT2D eigenvalue weighted by Crippen LogP contribution is -2.38. The van der Waals surface area contributed by atoms with Gasteiger partial charge in [-0.15, -0.1) is 22.9 Å². The number of thiazole rings is 1. The Kier molecular flexibility index (Phi) is 4.70. The fourth-order valence-electron chi connectivity index (χ4n) is 1.02. The van der Waals surface area contributed by atoms with E-state index in [-0.39, 0.29) is 5.41 Å². The second-order valence-corrected chi connectivity index (χ2v) is 6.36. The molecule has 0 aliphatic heterocycles. The topological polar surface area (TPSA) is 71.1 Å². The minimum atomic E-state index is -0.753. The Bertz CT molecular complexity index is 451. The number of alkyl halides is 1. The molecule has 0 aromatic carbocycles. The molecular weight excluding hydrogens is 274 g/mol. The number of hydrogen-bond donors (Lipinski definition) is 2. The summed E-state index contributed by atoms with van der Waals surface area (Å²) in [6, 6.07) is -0.623. The van der Waals surface area contributed by atoms with Crippen LogP contribution in [-0.4, -0.2) is 22.3 Å². The maximum absolute atomic E-state index is 11.5. The molecule has 0 radical (unpaired) electrons. The van der Waals surface area contributed by atoms with Crippen LogP contribution < -0.4 is 10.6 Å². The summed E-state index contributed by atoms with van der Waals surface area (Å²) in [5.41, 5.74) is 0.813. The molecule has 0 aliphatic rings. The van der Waals surface area contributed by atoms with Gasteiger partial charge in [0.05, 0.1) is 5.69 Å². The van der Waals surface area contributed by atoms with Crippen molar-refractivity contribution in [2.24, 2.45) is 0 Å². The summed E-state index contributed by atoms with van der Waals surface area (Å²) in [7, 11) is 0. The van der Waals surface area contributed by atoms with Gasteiger partial charge < -0.3 is 0 Å². The lowest BCUT2D eigenvalue weighted by atomic mass is 9.93. The summed E-state index contributed by atoms with van der Waals surface area (Å²) in [5.74, 6) is -0.540. The molecule has 1 rings (SSSR count). The van der Waals surface area contributed by atoms with Gasteiger partial charge in [0.2, 0.25) is 5.91 Å². The third kappa shape index (κ3) is 4.27. The van der Waals surface area contributed by atoms with Crippen molar-refractivity contribution in [2.45, 2.75) is 38.5 Å². The van der Waals surface area contributed by atoms with Crippen molar-refractivity contribution >= 4 is 40.0 Å². The summed E-state index contributed by atoms with van der Waals surface area (Å²) in [5, 5.41) is 6.19. The first-order valence-electron chi connectivity index (χ1n) is 5.42. The highest BCUT2D eigenvalue weighted by molar-refractivity contribution is 7.13. The second kappa shape index (κ2) is 5.67. The normalized spacial score (nSPS) is 12.9. The molecule has 1 aromatic rings. The van der Waals surface area contributed by atoms with E-state index in [0.29, 0.717) is 5.13 Å². The van der Waals surface area contributed by atoms with Gasteiger partial charge in [-0.2, -0.15) is 0 Å². The highest BCUT2D eigenvalue weighted by Crippen LogP contribution is 2.26. The second-order valence-electron chi connectivity index (χ2n) is 4.85. The number of amides is 3. The van der Waals surface area contributed by atoms with Crippen molar-refractivity contribution in [2.75, 3.05) is 5.32 Å². The molecule has 0 fully saturated rings. The monoisotopic (exact) mass is 289 g/mol. The number of anilines is 1. The largest absolute Gasteiger partial charge is 0.327 e. The first-order chi connectivity index (χ1) is 8.20. The van der Waals surface area contributed by atoms with Gasteiger partial charge >= 0.3 is 6.03 Å². The molecule has 1 atom stereocenters. The predicted octanol–water partition coefficient (Wildman–Crippen LogP) is 2.72. The fourth-order valence-corrected chi connectivity index (χ4v) is 2.00. The van der Waals surface area contributed by atoms with Crippen LogP contribution in [-0.2, 0) is 10.2 Å². The van der Waals surface area contributed by atoms with Gasteiger partial charge in [0.15, 0.2) is 5.13 Å². The van der Waals surface area contributed by atoms with Crippen molar-refractivity contribution in [3.63, 3.8) is 0 Å². The van der Waals surface area contributed by atoms with E-state index in [9.17, 15) is 9.59 Å². The van der Waals surface area contributed by atoms with Gasteiger partial charge in [-0.25, -0.2) is 9.78 Å². The average molecular weight is 290 g/mol. The Labute approximate surface area is 115 Å². The van der Waals surface area contributed by atoms with E-state index in [1.807, 2.05) is 26.2 Å². The van der Waals surface area contributed by atoms with Crippen molar-refractivity contribution in [1.82, 2.24) is 10.3 Å². The third-order valence-electron chi connectivity index (χ3n) is 2.09. The summed E-state index contributed by atoms with van der Waals surface area (Å²) in [4.78, 5) is 26.9. The lowest BCUT2D eigenvalue weighted by molar-refractivity contribution is -0.119. The van der Waals surface area contributed by atoms with Crippen molar-refractivity contribution in [1.29, 1.82) is 0 Å². The number of urea groups is 1. The Morgan fingerprint density at radius 3 is 2.50 bits per heavy atom. The zero-order valence-electron chi connectivity index (χ0n) is 10.7. The zero-order valence-corrected chi connectivity index (χ0v) is 12.3. The van der Waals surface area contributed by atoms with E-state index in [2.05, 4.69) is 15.6 Å². The van der Waals surface area contributed by atoms with E-state index in [0.717, 1.165) is 5.69 Å². The molecular formula is C11H16ClN3O2S. The van der Waals surface area contributed by atoms with E-state index in [1.54, 1.807) is 0 Å². The molecule has 0 saturated heterocycles. The van der Waals surface area contributed by atoms with Gasteiger partial charge in [0, 0.05) is 10.8 Å². The number of carbonyl (C=O) groups excluding carboxylic acids is 2. The Morgan fingerprint density at radius 1 is 1.44 bits per heavy atom. The average Bonchev–Trinajstić information content (AvgIpc) is 2.64. The first-order valence-corrected chi connectivity index (χ1v) is 6.73. The summed E-state index contributed by atoms with van der Waals surface area (Å²) in [6.45, 7) is 7.59. The van der Waals surface area contributed by atoms with Crippen molar-refractivity contribution in [3.8, 4) is 0 Å². The molecule has 0 spiro atoms. The number of halogens is 1. The highest BCUT2D eigenvalue weighted by Gasteiger charge is 2.19. The lowest BCUT2D eigenvalue weighted by Gasteiger charge is -2.14. The van der Waals surface area contributed by atoms with E-state index in [4.69, 9.17) is 11.6 Å². The molecule has 0 bridgehead atoms. The zero-order chi connectivity index (χ0) is 13.9. The maximum atomic E-state index is 11.5. The van der Waals surface area contributed by atoms with Crippen molar-refractivity contribution in [3.05, 3.63) is 11.1 Å².